The van der Waals surface area contributed by atoms with E-state index < -0.39 is 12.1 Å². The van der Waals surface area contributed by atoms with Gasteiger partial charge in [-0.25, -0.2) is 9.38 Å². The van der Waals surface area contributed by atoms with Gasteiger partial charge in [-0.05, 0) is 36.5 Å². The maximum absolute atomic E-state index is 13.0. The summed E-state index contributed by atoms with van der Waals surface area (Å²) in [7, 11) is 0. The van der Waals surface area contributed by atoms with E-state index in [9.17, 15) is 9.18 Å². The molecule has 0 spiro atoms. The topological polar surface area (TPSA) is 41.9 Å². The average molecular weight is 306 g/mol. The van der Waals surface area contributed by atoms with Gasteiger partial charge in [0.1, 0.15) is 5.82 Å². The van der Waals surface area contributed by atoms with Gasteiger partial charge >= 0.3 is 0 Å². The highest BCUT2D eigenvalue weighted by atomic mass is 19.1. The van der Waals surface area contributed by atoms with Crippen LogP contribution in [-0.4, -0.2) is 36.3 Å². The van der Waals surface area contributed by atoms with Gasteiger partial charge in [-0.3, -0.25) is 4.79 Å². The van der Waals surface area contributed by atoms with Gasteiger partial charge in [-0.1, -0.05) is 26.5 Å². The van der Waals surface area contributed by atoms with Crippen LogP contribution in [0.15, 0.2) is 29.3 Å². The summed E-state index contributed by atoms with van der Waals surface area (Å²) in [4.78, 5) is 18.7. The van der Waals surface area contributed by atoms with Crippen molar-refractivity contribution in [2.45, 2.75) is 39.3 Å². The highest BCUT2D eigenvalue weighted by molar-refractivity contribution is 5.85. The fraction of sp³-hybridized carbons (Fsp3) is 0.529. The van der Waals surface area contributed by atoms with E-state index >= 15 is 0 Å². The van der Waals surface area contributed by atoms with Crippen LogP contribution in [0.1, 0.15) is 38.9 Å². The molecule has 2 heterocycles. The SMILES string of the molecule is C.CC1CCN(C(=O)[C@H]2N=CO[C@@H]2c2ccc(F)cc2)CC1. The number of halogens is 1. The minimum Gasteiger partial charge on any atom is -0.473 e. The minimum absolute atomic E-state index is 0. The Morgan fingerprint density at radius 1 is 1.27 bits per heavy atom. The zero-order chi connectivity index (χ0) is 14.8. The third-order valence-electron chi connectivity index (χ3n) is 4.26. The molecule has 0 saturated carbocycles. The van der Waals surface area contributed by atoms with Gasteiger partial charge in [-0.15, -0.1) is 0 Å². The first-order chi connectivity index (χ1) is 10.1. The zero-order valence-corrected chi connectivity index (χ0v) is 12.0. The number of aliphatic imine (C=N–C) groups is 1. The number of hydrogen-bond donors (Lipinski definition) is 0. The Morgan fingerprint density at radius 3 is 2.55 bits per heavy atom. The Hall–Kier alpha value is -1.91. The molecule has 120 valence electrons. The number of amides is 1. The lowest BCUT2D eigenvalue weighted by molar-refractivity contribution is -0.135. The molecular weight excluding hydrogens is 283 g/mol. The molecule has 1 saturated heterocycles. The van der Waals surface area contributed by atoms with Gasteiger partial charge in [0.2, 0.25) is 0 Å². The predicted molar refractivity (Wildman–Crippen MR) is 84.2 cm³/mol. The van der Waals surface area contributed by atoms with Crippen LogP contribution in [0.25, 0.3) is 0 Å². The number of carbonyl (C=O) groups is 1. The Balaban J connectivity index is 0.00000176. The second-order valence-corrected chi connectivity index (χ2v) is 5.82. The second-order valence-electron chi connectivity index (χ2n) is 5.82. The highest BCUT2D eigenvalue weighted by Crippen LogP contribution is 2.29. The third kappa shape index (κ3) is 3.29. The summed E-state index contributed by atoms with van der Waals surface area (Å²) in [5.41, 5.74) is 0.776. The summed E-state index contributed by atoms with van der Waals surface area (Å²) < 4.78 is 18.5. The van der Waals surface area contributed by atoms with Crippen molar-refractivity contribution in [3.8, 4) is 0 Å². The number of hydrogen-bond acceptors (Lipinski definition) is 3. The first-order valence-electron chi connectivity index (χ1n) is 7.36. The van der Waals surface area contributed by atoms with Crippen LogP contribution in [0, 0.1) is 11.7 Å². The van der Waals surface area contributed by atoms with Crippen LogP contribution in [0.5, 0.6) is 0 Å². The molecule has 0 bridgehead atoms. The molecule has 0 radical (unpaired) electrons. The molecule has 0 aliphatic carbocycles. The molecular formula is C17H23FN2O2. The van der Waals surface area contributed by atoms with Crippen LogP contribution in [0.4, 0.5) is 4.39 Å². The van der Waals surface area contributed by atoms with Crippen molar-refractivity contribution in [3.63, 3.8) is 0 Å². The van der Waals surface area contributed by atoms with Crippen LogP contribution >= 0.6 is 0 Å². The Morgan fingerprint density at radius 2 is 1.91 bits per heavy atom. The number of likely N-dealkylation sites (tertiary alicyclic amines) is 1. The Kier molecular flexibility index (Phi) is 5.16. The molecule has 0 N–H and O–H groups in total. The molecule has 2 atom stereocenters. The van der Waals surface area contributed by atoms with E-state index in [-0.39, 0.29) is 19.2 Å². The lowest BCUT2D eigenvalue weighted by Gasteiger charge is -2.32. The van der Waals surface area contributed by atoms with Crippen molar-refractivity contribution in [2.24, 2.45) is 10.9 Å². The fourth-order valence-electron chi connectivity index (χ4n) is 2.84. The number of nitrogens with zero attached hydrogens (tertiary/aromatic N) is 2. The van der Waals surface area contributed by atoms with Crippen LogP contribution in [0.3, 0.4) is 0 Å². The average Bonchev–Trinajstić information content (AvgIpc) is 2.97. The number of carbonyl (C=O) groups excluding carboxylic acids is 1. The van der Waals surface area contributed by atoms with Gasteiger partial charge < -0.3 is 9.64 Å². The number of rotatable bonds is 2. The van der Waals surface area contributed by atoms with Crippen molar-refractivity contribution in [2.75, 3.05) is 13.1 Å². The summed E-state index contributed by atoms with van der Waals surface area (Å²) in [6, 6.07) is 5.49. The molecule has 2 aliphatic rings. The van der Waals surface area contributed by atoms with Gasteiger partial charge in [0.15, 0.2) is 18.5 Å². The fourth-order valence-corrected chi connectivity index (χ4v) is 2.84. The normalized spacial score (nSPS) is 24.7. The first kappa shape index (κ1) is 16.5. The largest absolute Gasteiger partial charge is 0.473 e. The van der Waals surface area contributed by atoms with Crippen LogP contribution in [-0.2, 0) is 9.53 Å². The lowest BCUT2D eigenvalue weighted by atomic mass is 9.97. The molecule has 5 heteroatoms. The molecule has 2 aliphatic heterocycles. The molecule has 3 rings (SSSR count). The van der Waals surface area contributed by atoms with E-state index in [0.717, 1.165) is 31.5 Å². The summed E-state index contributed by atoms with van der Waals surface area (Å²) >= 11 is 0. The van der Waals surface area contributed by atoms with E-state index in [4.69, 9.17) is 4.74 Å². The standard InChI is InChI=1S/C16H19FN2O2.CH4/c1-11-6-8-19(9-7-11)16(20)14-15(21-10-18-14)12-2-4-13(17)5-3-12;/h2-5,10-11,14-15H,6-9H2,1H3;1H4/t14-,15+;/m0./s1. The zero-order valence-electron chi connectivity index (χ0n) is 12.0. The minimum atomic E-state index is -0.552. The second kappa shape index (κ2) is 6.90. The van der Waals surface area contributed by atoms with E-state index in [0.29, 0.717) is 5.92 Å². The summed E-state index contributed by atoms with van der Waals surface area (Å²) in [6.07, 6.45) is 2.95. The van der Waals surface area contributed by atoms with Crippen molar-refractivity contribution in [1.82, 2.24) is 4.90 Å². The summed E-state index contributed by atoms with van der Waals surface area (Å²) in [6.45, 7) is 3.77. The van der Waals surface area contributed by atoms with Crippen molar-refractivity contribution < 1.29 is 13.9 Å². The van der Waals surface area contributed by atoms with Gasteiger partial charge in [0.05, 0.1) is 0 Å². The smallest absolute Gasteiger partial charge is 0.251 e. The summed E-state index contributed by atoms with van der Waals surface area (Å²) in [5, 5.41) is 0. The molecule has 0 aromatic heterocycles. The van der Waals surface area contributed by atoms with E-state index in [2.05, 4.69) is 11.9 Å². The quantitative estimate of drug-likeness (QED) is 0.842. The van der Waals surface area contributed by atoms with Crippen molar-refractivity contribution >= 4 is 12.3 Å². The third-order valence-corrected chi connectivity index (χ3v) is 4.26. The molecule has 1 aromatic rings. The number of piperidine rings is 1. The number of benzene rings is 1. The summed E-state index contributed by atoms with van der Waals surface area (Å²) in [5.74, 6) is 0.376. The lowest BCUT2D eigenvalue weighted by Crippen LogP contribution is -2.44. The first-order valence-corrected chi connectivity index (χ1v) is 7.36. The molecule has 22 heavy (non-hydrogen) atoms. The molecule has 1 aromatic carbocycles. The molecule has 1 fully saturated rings. The van der Waals surface area contributed by atoms with Crippen molar-refractivity contribution in [3.05, 3.63) is 35.6 Å². The highest BCUT2D eigenvalue weighted by Gasteiger charge is 2.37. The van der Waals surface area contributed by atoms with Gasteiger partial charge in [0, 0.05) is 13.1 Å². The predicted octanol–water partition coefficient (Wildman–Crippen LogP) is 3.19. The van der Waals surface area contributed by atoms with E-state index in [1.54, 1.807) is 12.1 Å². The maximum atomic E-state index is 13.0. The number of ether oxygens (including phenoxy) is 1. The Bertz CT molecular complexity index is 536. The monoisotopic (exact) mass is 306 g/mol. The van der Waals surface area contributed by atoms with Gasteiger partial charge in [-0.2, -0.15) is 0 Å². The van der Waals surface area contributed by atoms with Crippen molar-refractivity contribution in [1.29, 1.82) is 0 Å². The van der Waals surface area contributed by atoms with E-state index in [1.807, 2.05) is 4.90 Å². The van der Waals surface area contributed by atoms with Crippen LogP contribution in [0.2, 0.25) is 0 Å². The molecule has 4 nitrogen and oxygen atoms in total. The van der Waals surface area contributed by atoms with Gasteiger partial charge in [0.25, 0.3) is 5.91 Å². The maximum Gasteiger partial charge on any atom is 0.251 e. The van der Waals surface area contributed by atoms with E-state index in [1.165, 1.54) is 18.5 Å². The molecule has 0 unspecified atom stereocenters. The van der Waals surface area contributed by atoms with Crippen LogP contribution < -0.4 is 0 Å². The Labute approximate surface area is 131 Å². The molecule has 1 amide bonds.